The molecule has 1 amide bonds. The van der Waals surface area contributed by atoms with Gasteiger partial charge in [0.25, 0.3) is 0 Å². The summed E-state index contributed by atoms with van der Waals surface area (Å²) >= 11 is 0. The second kappa shape index (κ2) is 10.5. The van der Waals surface area contributed by atoms with Crippen LogP contribution in [0.5, 0.6) is 0 Å². The molecule has 0 saturated heterocycles. The third-order valence-electron chi connectivity index (χ3n) is 4.26. The van der Waals surface area contributed by atoms with Gasteiger partial charge in [-0.3, -0.25) is 9.69 Å². The van der Waals surface area contributed by atoms with Crippen molar-refractivity contribution in [2.75, 3.05) is 4.90 Å². The SMILES string of the molecule is CCCCc1ccnc(N(C(=O)CC(C)(C)C)C(CCC)CCC)n1. The van der Waals surface area contributed by atoms with E-state index in [0.29, 0.717) is 12.4 Å². The van der Waals surface area contributed by atoms with Crippen LogP contribution in [0.15, 0.2) is 12.3 Å². The van der Waals surface area contributed by atoms with E-state index in [-0.39, 0.29) is 17.4 Å². The molecule has 0 N–H and O–H groups in total. The molecule has 1 rings (SSSR count). The van der Waals surface area contributed by atoms with Gasteiger partial charge in [-0.05, 0) is 37.2 Å². The number of carbonyl (C=O) groups is 1. The predicted molar refractivity (Wildman–Crippen MR) is 106 cm³/mol. The third kappa shape index (κ3) is 7.54. The molecule has 0 aromatic carbocycles. The highest BCUT2D eigenvalue weighted by atomic mass is 16.2. The fourth-order valence-electron chi connectivity index (χ4n) is 3.08. The second-order valence-corrected chi connectivity index (χ2v) is 8.18. The van der Waals surface area contributed by atoms with Gasteiger partial charge in [0.2, 0.25) is 11.9 Å². The van der Waals surface area contributed by atoms with Crippen LogP contribution in [0.4, 0.5) is 5.95 Å². The number of aryl methyl sites for hydroxylation is 1. The molecule has 0 aliphatic heterocycles. The normalized spacial score (nSPS) is 11.8. The van der Waals surface area contributed by atoms with Crippen LogP contribution >= 0.6 is 0 Å². The molecular weight excluding hydrogens is 310 g/mol. The van der Waals surface area contributed by atoms with E-state index in [1.165, 1.54) is 0 Å². The predicted octanol–water partition coefficient (Wildman–Crippen LogP) is 5.56. The van der Waals surface area contributed by atoms with Crippen molar-refractivity contribution in [1.82, 2.24) is 9.97 Å². The Morgan fingerprint density at radius 1 is 1.12 bits per heavy atom. The summed E-state index contributed by atoms with van der Waals surface area (Å²) in [7, 11) is 0. The molecule has 1 aromatic heterocycles. The highest BCUT2D eigenvalue weighted by Crippen LogP contribution is 2.26. The van der Waals surface area contributed by atoms with Crippen molar-refractivity contribution >= 4 is 11.9 Å². The van der Waals surface area contributed by atoms with Gasteiger partial charge in [0, 0.05) is 24.4 Å². The summed E-state index contributed by atoms with van der Waals surface area (Å²) in [6.07, 6.45) is 9.61. The number of unbranched alkanes of at least 4 members (excludes halogenated alkanes) is 1. The van der Waals surface area contributed by atoms with Gasteiger partial charge in [0.05, 0.1) is 0 Å². The van der Waals surface area contributed by atoms with Gasteiger partial charge in [-0.15, -0.1) is 0 Å². The molecule has 0 saturated carbocycles. The molecule has 0 atom stereocenters. The largest absolute Gasteiger partial charge is 0.278 e. The molecule has 0 bridgehead atoms. The average Bonchev–Trinajstić information content (AvgIpc) is 2.52. The summed E-state index contributed by atoms with van der Waals surface area (Å²) in [6, 6.07) is 2.16. The van der Waals surface area contributed by atoms with Gasteiger partial charge in [0.15, 0.2) is 0 Å². The van der Waals surface area contributed by atoms with E-state index < -0.39 is 0 Å². The van der Waals surface area contributed by atoms with Crippen LogP contribution in [-0.4, -0.2) is 21.9 Å². The summed E-state index contributed by atoms with van der Waals surface area (Å²) < 4.78 is 0. The van der Waals surface area contributed by atoms with Gasteiger partial charge in [-0.25, -0.2) is 9.97 Å². The molecule has 4 nitrogen and oxygen atoms in total. The Kier molecular flexibility index (Phi) is 9.09. The number of carbonyl (C=O) groups excluding carboxylic acids is 1. The monoisotopic (exact) mass is 347 g/mol. The Bertz CT molecular complexity index is 516. The van der Waals surface area contributed by atoms with Gasteiger partial charge in [-0.2, -0.15) is 0 Å². The fraction of sp³-hybridized carbons (Fsp3) is 0.762. The van der Waals surface area contributed by atoms with Crippen molar-refractivity contribution in [2.24, 2.45) is 5.41 Å². The minimum atomic E-state index is -0.0435. The zero-order valence-corrected chi connectivity index (χ0v) is 17.1. The van der Waals surface area contributed by atoms with Gasteiger partial charge >= 0.3 is 0 Å². The van der Waals surface area contributed by atoms with Gasteiger partial charge in [-0.1, -0.05) is 60.8 Å². The molecule has 142 valence electrons. The molecule has 0 unspecified atom stereocenters. The maximum absolute atomic E-state index is 13.1. The lowest BCUT2D eigenvalue weighted by Crippen LogP contribution is -2.43. The van der Waals surface area contributed by atoms with E-state index in [1.807, 2.05) is 11.0 Å². The van der Waals surface area contributed by atoms with Crippen LogP contribution < -0.4 is 4.90 Å². The lowest BCUT2D eigenvalue weighted by molar-refractivity contribution is -0.120. The molecule has 0 spiro atoms. The zero-order valence-electron chi connectivity index (χ0n) is 17.1. The molecule has 25 heavy (non-hydrogen) atoms. The molecular formula is C21H37N3O. The number of hydrogen-bond donors (Lipinski definition) is 0. The summed E-state index contributed by atoms with van der Waals surface area (Å²) in [5.74, 6) is 0.738. The summed E-state index contributed by atoms with van der Waals surface area (Å²) in [5.41, 5.74) is 0.991. The van der Waals surface area contributed by atoms with E-state index in [2.05, 4.69) is 46.5 Å². The van der Waals surface area contributed by atoms with Crippen molar-refractivity contribution in [1.29, 1.82) is 0 Å². The first kappa shape index (κ1) is 21.6. The van der Waals surface area contributed by atoms with Crippen LogP contribution in [0.3, 0.4) is 0 Å². The zero-order chi connectivity index (χ0) is 18.9. The smallest absolute Gasteiger partial charge is 0.232 e. The van der Waals surface area contributed by atoms with Crippen molar-refractivity contribution in [3.63, 3.8) is 0 Å². The third-order valence-corrected chi connectivity index (χ3v) is 4.26. The molecule has 0 fully saturated rings. The standard InChI is InChI=1S/C21H37N3O/c1-7-10-13-17-14-15-22-20(23-17)24(18(11-8-2)12-9-3)19(25)16-21(4,5)6/h14-15,18H,7-13,16H2,1-6H3. The van der Waals surface area contributed by atoms with Crippen molar-refractivity contribution in [3.8, 4) is 0 Å². The first-order valence-electron chi connectivity index (χ1n) is 9.96. The maximum atomic E-state index is 13.1. The van der Waals surface area contributed by atoms with Crippen molar-refractivity contribution in [2.45, 2.75) is 99.0 Å². The number of nitrogens with zero attached hydrogens (tertiary/aromatic N) is 3. The Hall–Kier alpha value is -1.45. The highest BCUT2D eigenvalue weighted by molar-refractivity contribution is 5.92. The Balaban J connectivity index is 3.17. The molecule has 0 radical (unpaired) electrons. The van der Waals surface area contributed by atoms with E-state index in [4.69, 9.17) is 4.98 Å². The minimum absolute atomic E-state index is 0.0435. The Morgan fingerprint density at radius 2 is 1.76 bits per heavy atom. The molecule has 4 heteroatoms. The first-order chi connectivity index (χ1) is 11.8. The van der Waals surface area contributed by atoms with Gasteiger partial charge in [0.1, 0.15) is 0 Å². The lowest BCUT2D eigenvalue weighted by Gasteiger charge is -2.32. The molecule has 1 aromatic rings. The number of rotatable bonds is 10. The van der Waals surface area contributed by atoms with Crippen LogP contribution in [0.1, 0.15) is 92.2 Å². The highest BCUT2D eigenvalue weighted by Gasteiger charge is 2.29. The van der Waals surface area contributed by atoms with Crippen LogP contribution in [0.25, 0.3) is 0 Å². The van der Waals surface area contributed by atoms with E-state index in [0.717, 1.165) is 50.6 Å². The van der Waals surface area contributed by atoms with E-state index in [9.17, 15) is 4.79 Å². The molecule has 0 aliphatic rings. The number of hydrogen-bond acceptors (Lipinski definition) is 3. The van der Waals surface area contributed by atoms with Crippen LogP contribution in [0, 0.1) is 5.41 Å². The first-order valence-corrected chi connectivity index (χ1v) is 9.96. The van der Waals surface area contributed by atoms with E-state index in [1.54, 1.807) is 6.20 Å². The second-order valence-electron chi connectivity index (χ2n) is 8.18. The quantitative estimate of drug-likeness (QED) is 0.557. The Morgan fingerprint density at radius 3 is 2.28 bits per heavy atom. The molecule has 1 heterocycles. The lowest BCUT2D eigenvalue weighted by atomic mass is 9.91. The van der Waals surface area contributed by atoms with Crippen molar-refractivity contribution in [3.05, 3.63) is 18.0 Å². The number of amides is 1. The Labute approximate surface area is 154 Å². The topological polar surface area (TPSA) is 46.1 Å². The minimum Gasteiger partial charge on any atom is -0.278 e. The van der Waals surface area contributed by atoms with Crippen LogP contribution in [0.2, 0.25) is 0 Å². The van der Waals surface area contributed by atoms with E-state index >= 15 is 0 Å². The average molecular weight is 348 g/mol. The molecule has 0 aliphatic carbocycles. The summed E-state index contributed by atoms with van der Waals surface area (Å²) in [5, 5.41) is 0. The van der Waals surface area contributed by atoms with Crippen molar-refractivity contribution < 1.29 is 4.79 Å². The maximum Gasteiger partial charge on any atom is 0.232 e. The summed E-state index contributed by atoms with van der Waals surface area (Å²) in [6.45, 7) is 12.9. The van der Waals surface area contributed by atoms with Gasteiger partial charge < -0.3 is 0 Å². The van der Waals surface area contributed by atoms with Crippen LogP contribution in [-0.2, 0) is 11.2 Å². The summed E-state index contributed by atoms with van der Waals surface area (Å²) in [4.78, 5) is 24.2. The fourth-order valence-corrected chi connectivity index (χ4v) is 3.08. The number of anilines is 1. The number of aromatic nitrogens is 2.